The number of carbonyl (C=O) groups excluding carboxylic acids is 1. The van der Waals surface area contributed by atoms with E-state index in [2.05, 4.69) is 4.57 Å². The number of ether oxygens (including phenoxy) is 2. The van der Waals surface area contributed by atoms with Gasteiger partial charge in [0, 0.05) is 29.3 Å². The number of ketones is 1. The fourth-order valence-corrected chi connectivity index (χ4v) is 4.90. The smallest absolute Gasteiger partial charge is 0.347 e. The van der Waals surface area contributed by atoms with Gasteiger partial charge in [-0.3, -0.25) is 4.79 Å². The second kappa shape index (κ2) is 9.53. The van der Waals surface area contributed by atoms with Gasteiger partial charge < -0.3 is 19.1 Å². The molecule has 1 heterocycles. The number of hydrogen-bond acceptors (Lipinski definition) is 4. The molecule has 1 aliphatic carbocycles. The van der Waals surface area contributed by atoms with Crippen molar-refractivity contribution in [1.82, 2.24) is 4.57 Å². The fourth-order valence-electron chi connectivity index (χ4n) is 4.90. The van der Waals surface area contributed by atoms with Crippen LogP contribution in [0.1, 0.15) is 67.6 Å². The number of hydrogen-bond donors (Lipinski definition) is 1. The van der Waals surface area contributed by atoms with Gasteiger partial charge in [0.15, 0.2) is 11.4 Å². The minimum atomic E-state index is -1.36. The molecule has 1 N–H and O–H groups in total. The molecule has 4 rings (SSSR count). The second-order valence-electron chi connectivity index (χ2n) is 9.73. The van der Waals surface area contributed by atoms with Crippen LogP contribution < -0.4 is 9.47 Å². The van der Waals surface area contributed by atoms with Crippen molar-refractivity contribution in [3.05, 3.63) is 59.3 Å². The maximum absolute atomic E-state index is 13.6. The molecule has 1 aliphatic rings. The van der Waals surface area contributed by atoms with Crippen molar-refractivity contribution in [2.24, 2.45) is 5.92 Å². The Morgan fingerprint density at radius 1 is 1.03 bits per heavy atom. The van der Waals surface area contributed by atoms with Gasteiger partial charge in [0.2, 0.25) is 0 Å². The lowest BCUT2D eigenvalue weighted by atomic mass is 9.89. The fraction of sp³-hybridized carbons (Fsp3) is 0.429. The number of nitrogens with zero attached hydrogens (tertiary/aromatic N) is 1. The molecule has 0 bridgehead atoms. The number of rotatable bonds is 8. The largest absolute Gasteiger partial charge is 0.497 e. The lowest BCUT2D eigenvalue weighted by Crippen LogP contribution is -2.37. The molecule has 1 fully saturated rings. The van der Waals surface area contributed by atoms with Crippen molar-refractivity contribution in [2.45, 2.75) is 65.0 Å². The first-order valence-electron chi connectivity index (χ1n) is 12.0. The highest BCUT2D eigenvalue weighted by Crippen LogP contribution is 2.35. The highest BCUT2D eigenvalue weighted by Gasteiger charge is 2.30. The average Bonchev–Trinajstić information content (AvgIpc) is 3.09. The maximum atomic E-state index is 13.6. The van der Waals surface area contributed by atoms with Crippen molar-refractivity contribution in [3.63, 3.8) is 0 Å². The quantitative estimate of drug-likeness (QED) is 0.414. The van der Waals surface area contributed by atoms with Crippen molar-refractivity contribution >= 4 is 22.7 Å². The Morgan fingerprint density at radius 3 is 2.29 bits per heavy atom. The lowest BCUT2D eigenvalue weighted by Gasteiger charge is -2.24. The van der Waals surface area contributed by atoms with Gasteiger partial charge in [-0.25, -0.2) is 4.79 Å². The molecule has 34 heavy (non-hydrogen) atoms. The van der Waals surface area contributed by atoms with E-state index in [-0.39, 0.29) is 5.78 Å². The monoisotopic (exact) mass is 463 g/mol. The minimum Gasteiger partial charge on any atom is -0.497 e. The Balaban J connectivity index is 1.80. The van der Waals surface area contributed by atoms with Crippen LogP contribution in [-0.4, -0.2) is 34.1 Å². The van der Waals surface area contributed by atoms with Crippen molar-refractivity contribution in [1.29, 1.82) is 0 Å². The first kappa shape index (κ1) is 23.9. The predicted octanol–water partition coefficient (Wildman–Crippen LogP) is 6.01. The molecule has 0 spiro atoms. The summed E-state index contributed by atoms with van der Waals surface area (Å²) in [5.74, 6) is 0.678. The summed E-state index contributed by atoms with van der Waals surface area (Å²) >= 11 is 0. The van der Waals surface area contributed by atoms with E-state index >= 15 is 0 Å². The molecule has 180 valence electrons. The molecule has 0 radical (unpaired) electrons. The van der Waals surface area contributed by atoms with E-state index in [1.54, 1.807) is 37.4 Å². The number of carbonyl (C=O) groups is 2. The molecule has 6 nitrogen and oxygen atoms in total. The minimum absolute atomic E-state index is 0.0351. The normalized spacial score (nSPS) is 14.8. The summed E-state index contributed by atoms with van der Waals surface area (Å²) in [4.78, 5) is 25.2. The Labute approximate surface area is 200 Å². The summed E-state index contributed by atoms with van der Waals surface area (Å²) in [5, 5.41) is 10.3. The molecular formula is C28H33NO5. The zero-order chi connectivity index (χ0) is 24.5. The van der Waals surface area contributed by atoms with Crippen molar-refractivity contribution in [3.8, 4) is 11.5 Å². The summed E-state index contributed by atoms with van der Waals surface area (Å²) in [6.45, 7) is 5.90. The van der Waals surface area contributed by atoms with Gasteiger partial charge >= 0.3 is 5.97 Å². The Kier molecular flexibility index (Phi) is 6.69. The van der Waals surface area contributed by atoms with E-state index in [0.29, 0.717) is 28.5 Å². The number of aliphatic carboxylic acids is 1. The average molecular weight is 464 g/mol. The number of carboxylic acids is 1. The molecule has 1 saturated carbocycles. The van der Waals surface area contributed by atoms with Crippen LogP contribution >= 0.6 is 0 Å². The molecule has 6 heteroatoms. The first-order chi connectivity index (χ1) is 16.2. The molecular weight excluding hydrogens is 430 g/mol. The van der Waals surface area contributed by atoms with Gasteiger partial charge in [-0.05, 0) is 75.9 Å². The third-order valence-corrected chi connectivity index (χ3v) is 6.93. The van der Waals surface area contributed by atoms with Gasteiger partial charge in [-0.2, -0.15) is 0 Å². The summed E-state index contributed by atoms with van der Waals surface area (Å²) < 4.78 is 13.3. The number of carboxylic acid groups (broad SMARTS) is 1. The number of fused-ring (bicyclic) bond motifs is 1. The Morgan fingerprint density at radius 2 is 1.68 bits per heavy atom. The SMILES string of the molecule is COc1ccc(C(=O)c2c(C)n(CC3CCCCC3)c3cc(OC(C)(C)C(=O)O)ccc23)cc1. The van der Waals surface area contributed by atoms with Gasteiger partial charge in [0.25, 0.3) is 0 Å². The van der Waals surface area contributed by atoms with Crippen molar-refractivity contribution in [2.75, 3.05) is 7.11 Å². The molecule has 0 saturated heterocycles. The van der Waals surface area contributed by atoms with E-state index in [9.17, 15) is 14.7 Å². The molecule has 0 amide bonds. The summed E-state index contributed by atoms with van der Waals surface area (Å²) in [7, 11) is 1.60. The second-order valence-corrected chi connectivity index (χ2v) is 9.73. The maximum Gasteiger partial charge on any atom is 0.347 e. The van der Waals surface area contributed by atoms with E-state index in [4.69, 9.17) is 9.47 Å². The molecule has 0 aliphatic heterocycles. The zero-order valence-electron chi connectivity index (χ0n) is 20.4. The zero-order valence-corrected chi connectivity index (χ0v) is 20.4. The van der Waals surface area contributed by atoms with Gasteiger partial charge in [0.1, 0.15) is 11.5 Å². The third kappa shape index (κ3) is 4.67. The van der Waals surface area contributed by atoms with Crippen LogP contribution in [0.4, 0.5) is 0 Å². The van der Waals surface area contributed by atoms with Crippen LogP contribution in [0.15, 0.2) is 42.5 Å². The van der Waals surface area contributed by atoms with Crippen LogP contribution in [0.25, 0.3) is 10.9 Å². The van der Waals surface area contributed by atoms with Crippen LogP contribution in [-0.2, 0) is 11.3 Å². The van der Waals surface area contributed by atoms with E-state index < -0.39 is 11.6 Å². The van der Waals surface area contributed by atoms with Crippen LogP contribution in [0.2, 0.25) is 0 Å². The summed E-state index contributed by atoms with van der Waals surface area (Å²) in [6.07, 6.45) is 6.13. The van der Waals surface area contributed by atoms with Crippen LogP contribution in [0, 0.1) is 12.8 Å². The summed E-state index contributed by atoms with van der Waals surface area (Å²) in [6, 6.07) is 12.7. The van der Waals surface area contributed by atoms with Crippen LogP contribution in [0.5, 0.6) is 11.5 Å². The molecule has 0 atom stereocenters. The number of aromatic nitrogens is 1. The van der Waals surface area contributed by atoms with Gasteiger partial charge in [0.05, 0.1) is 18.2 Å². The predicted molar refractivity (Wildman–Crippen MR) is 132 cm³/mol. The first-order valence-corrected chi connectivity index (χ1v) is 12.0. The molecule has 1 aromatic heterocycles. The number of methoxy groups -OCH3 is 1. The standard InChI is InChI=1S/C28H33NO5/c1-18-25(26(30)20-10-12-21(33-4)13-11-20)23-15-14-22(34-28(2,3)27(31)32)16-24(23)29(18)17-19-8-6-5-7-9-19/h10-16,19H,5-9,17H2,1-4H3,(H,31,32). The highest BCUT2D eigenvalue weighted by atomic mass is 16.5. The Hall–Kier alpha value is -3.28. The molecule has 2 aromatic carbocycles. The van der Waals surface area contributed by atoms with Gasteiger partial charge in [-0.15, -0.1) is 0 Å². The van der Waals surface area contributed by atoms with Gasteiger partial charge in [-0.1, -0.05) is 19.3 Å². The highest BCUT2D eigenvalue weighted by molar-refractivity contribution is 6.17. The van der Waals surface area contributed by atoms with Crippen molar-refractivity contribution < 1.29 is 24.2 Å². The van der Waals surface area contributed by atoms with E-state index in [0.717, 1.165) is 23.1 Å². The topological polar surface area (TPSA) is 77.8 Å². The number of benzene rings is 2. The molecule has 3 aromatic rings. The lowest BCUT2D eigenvalue weighted by molar-refractivity contribution is -0.152. The summed E-state index contributed by atoms with van der Waals surface area (Å²) in [5.41, 5.74) is 1.76. The van der Waals surface area contributed by atoms with Crippen LogP contribution in [0.3, 0.4) is 0 Å². The molecule has 0 unspecified atom stereocenters. The Bertz CT molecular complexity index is 1200. The van der Waals surface area contributed by atoms with E-state index in [1.807, 2.05) is 19.1 Å². The van der Waals surface area contributed by atoms with E-state index in [1.165, 1.54) is 46.0 Å². The third-order valence-electron chi connectivity index (χ3n) is 6.93.